The third-order valence-electron chi connectivity index (χ3n) is 2.78. The molecule has 72 valence electrons. The molecule has 0 aromatic rings. The fraction of sp³-hybridized carbons (Fsp3) is 0.667. The van der Waals surface area contributed by atoms with Gasteiger partial charge in [-0.2, -0.15) is 0 Å². The summed E-state index contributed by atoms with van der Waals surface area (Å²) in [6.07, 6.45) is 4.44. The number of rotatable bonds is 3. The minimum absolute atomic E-state index is 0.531. The smallest absolute Gasteiger partial charge is 0.0407 e. The molecule has 0 aromatic heterocycles. The molecule has 1 rings (SSSR count). The lowest BCUT2D eigenvalue weighted by Gasteiger charge is -2.20. The second kappa shape index (κ2) is 4.97. The predicted octanol–water partition coefficient (Wildman–Crippen LogP) is 2.55. The maximum absolute atomic E-state index is 3.38. The molecule has 1 nitrogen and oxygen atoms in total. The SMILES string of the molecule is CCC(CC)C1C#CC=C(C)NC1. The lowest BCUT2D eigenvalue weighted by Crippen LogP contribution is -2.25. The Kier molecular flexibility index (Phi) is 3.89. The van der Waals surface area contributed by atoms with Crippen LogP contribution in [-0.4, -0.2) is 6.54 Å². The van der Waals surface area contributed by atoms with E-state index in [1.165, 1.54) is 18.5 Å². The summed E-state index contributed by atoms with van der Waals surface area (Å²) in [5.41, 5.74) is 1.20. The van der Waals surface area contributed by atoms with Crippen molar-refractivity contribution in [2.24, 2.45) is 11.8 Å². The zero-order valence-electron chi connectivity index (χ0n) is 8.85. The van der Waals surface area contributed by atoms with Crippen LogP contribution in [0, 0.1) is 23.7 Å². The van der Waals surface area contributed by atoms with Crippen molar-refractivity contribution >= 4 is 0 Å². The van der Waals surface area contributed by atoms with Crippen LogP contribution in [0.5, 0.6) is 0 Å². The van der Waals surface area contributed by atoms with E-state index in [0.717, 1.165) is 12.5 Å². The minimum atomic E-state index is 0.531. The Bertz CT molecular complexity index is 238. The number of allylic oxidation sites excluding steroid dienone is 2. The van der Waals surface area contributed by atoms with Gasteiger partial charge >= 0.3 is 0 Å². The van der Waals surface area contributed by atoms with E-state index >= 15 is 0 Å². The molecule has 1 heterocycles. The Balaban J connectivity index is 2.60. The van der Waals surface area contributed by atoms with Crippen molar-refractivity contribution in [1.82, 2.24) is 5.32 Å². The van der Waals surface area contributed by atoms with Gasteiger partial charge in [0, 0.05) is 24.2 Å². The number of hydrogen-bond acceptors (Lipinski definition) is 1. The zero-order valence-corrected chi connectivity index (χ0v) is 8.85. The van der Waals surface area contributed by atoms with Crippen molar-refractivity contribution < 1.29 is 0 Å². The summed E-state index contributed by atoms with van der Waals surface area (Å²) in [4.78, 5) is 0. The van der Waals surface area contributed by atoms with E-state index in [-0.39, 0.29) is 0 Å². The van der Waals surface area contributed by atoms with Crippen molar-refractivity contribution in [3.8, 4) is 11.8 Å². The molecule has 0 bridgehead atoms. The molecule has 0 spiro atoms. The summed E-state index contributed by atoms with van der Waals surface area (Å²) in [6, 6.07) is 0. The normalized spacial score (nSPS) is 21.2. The van der Waals surface area contributed by atoms with E-state index in [2.05, 4.69) is 37.9 Å². The molecule has 0 saturated carbocycles. The maximum atomic E-state index is 3.38. The highest BCUT2D eigenvalue weighted by molar-refractivity contribution is 5.24. The predicted molar refractivity (Wildman–Crippen MR) is 57.1 cm³/mol. The molecule has 0 amide bonds. The molecule has 0 saturated heterocycles. The fourth-order valence-electron chi connectivity index (χ4n) is 1.77. The molecule has 0 aliphatic carbocycles. The zero-order chi connectivity index (χ0) is 9.68. The van der Waals surface area contributed by atoms with Crippen LogP contribution >= 0.6 is 0 Å². The lowest BCUT2D eigenvalue weighted by atomic mass is 9.88. The van der Waals surface area contributed by atoms with Crippen LogP contribution in [0.15, 0.2) is 11.8 Å². The molecule has 1 atom stereocenters. The van der Waals surface area contributed by atoms with Crippen LogP contribution < -0.4 is 5.32 Å². The molecular formula is C12H19N. The molecule has 0 aromatic carbocycles. The molecule has 1 N–H and O–H groups in total. The van der Waals surface area contributed by atoms with Gasteiger partial charge in [0.1, 0.15) is 0 Å². The van der Waals surface area contributed by atoms with E-state index in [1.54, 1.807) is 0 Å². The van der Waals surface area contributed by atoms with Crippen LogP contribution in [0.3, 0.4) is 0 Å². The van der Waals surface area contributed by atoms with Crippen LogP contribution in [-0.2, 0) is 0 Å². The highest BCUT2D eigenvalue weighted by Gasteiger charge is 2.16. The average molecular weight is 177 g/mol. The number of nitrogens with one attached hydrogen (secondary N) is 1. The second-order valence-electron chi connectivity index (χ2n) is 3.68. The third-order valence-corrected chi connectivity index (χ3v) is 2.78. The largest absolute Gasteiger partial charge is 0.387 e. The first kappa shape index (κ1) is 10.2. The lowest BCUT2D eigenvalue weighted by molar-refractivity contribution is 0.374. The Labute approximate surface area is 81.6 Å². The van der Waals surface area contributed by atoms with E-state index in [0.29, 0.717) is 5.92 Å². The molecule has 1 aliphatic heterocycles. The molecule has 1 aliphatic rings. The number of hydrogen-bond donors (Lipinski definition) is 1. The minimum Gasteiger partial charge on any atom is -0.387 e. The molecule has 0 fully saturated rings. The van der Waals surface area contributed by atoms with E-state index in [9.17, 15) is 0 Å². The van der Waals surface area contributed by atoms with Gasteiger partial charge in [0.25, 0.3) is 0 Å². The first-order valence-corrected chi connectivity index (χ1v) is 5.19. The van der Waals surface area contributed by atoms with Gasteiger partial charge in [0.05, 0.1) is 0 Å². The maximum Gasteiger partial charge on any atom is 0.0407 e. The molecule has 1 unspecified atom stereocenters. The Morgan fingerprint density at radius 1 is 1.54 bits per heavy atom. The van der Waals surface area contributed by atoms with Gasteiger partial charge < -0.3 is 5.32 Å². The fourth-order valence-corrected chi connectivity index (χ4v) is 1.77. The average Bonchev–Trinajstić information content (AvgIpc) is 2.34. The summed E-state index contributed by atoms with van der Waals surface area (Å²) < 4.78 is 0. The highest BCUT2D eigenvalue weighted by Crippen LogP contribution is 2.19. The Morgan fingerprint density at radius 3 is 2.85 bits per heavy atom. The summed E-state index contributed by atoms with van der Waals surface area (Å²) in [5, 5.41) is 3.38. The van der Waals surface area contributed by atoms with Crippen LogP contribution in [0.2, 0.25) is 0 Å². The van der Waals surface area contributed by atoms with E-state index in [4.69, 9.17) is 0 Å². The highest BCUT2D eigenvalue weighted by atomic mass is 14.9. The van der Waals surface area contributed by atoms with E-state index < -0.39 is 0 Å². The van der Waals surface area contributed by atoms with Gasteiger partial charge in [-0.05, 0) is 12.8 Å². The standard InChI is InChI=1S/C12H19N/c1-4-11(5-2)12-8-6-7-10(3)13-9-12/h7,11-13H,4-5,9H2,1-3H3. The van der Waals surface area contributed by atoms with Gasteiger partial charge in [-0.3, -0.25) is 0 Å². The van der Waals surface area contributed by atoms with Gasteiger partial charge in [0.15, 0.2) is 0 Å². The molecule has 13 heavy (non-hydrogen) atoms. The van der Waals surface area contributed by atoms with Crippen molar-refractivity contribution in [1.29, 1.82) is 0 Å². The van der Waals surface area contributed by atoms with Gasteiger partial charge in [-0.15, -0.1) is 0 Å². The van der Waals surface area contributed by atoms with Crippen molar-refractivity contribution in [2.75, 3.05) is 6.54 Å². The van der Waals surface area contributed by atoms with Crippen molar-refractivity contribution in [2.45, 2.75) is 33.6 Å². The van der Waals surface area contributed by atoms with Gasteiger partial charge in [-0.25, -0.2) is 0 Å². The quantitative estimate of drug-likeness (QED) is 0.653. The second-order valence-corrected chi connectivity index (χ2v) is 3.68. The van der Waals surface area contributed by atoms with Gasteiger partial charge in [0.2, 0.25) is 0 Å². The van der Waals surface area contributed by atoms with Crippen molar-refractivity contribution in [3.05, 3.63) is 11.8 Å². The summed E-state index contributed by atoms with van der Waals surface area (Å²) in [7, 11) is 0. The summed E-state index contributed by atoms with van der Waals surface area (Å²) >= 11 is 0. The van der Waals surface area contributed by atoms with Crippen molar-refractivity contribution in [3.63, 3.8) is 0 Å². The monoisotopic (exact) mass is 177 g/mol. The molecule has 1 heteroatoms. The summed E-state index contributed by atoms with van der Waals surface area (Å²) in [6.45, 7) is 7.59. The Hall–Kier alpha value is -0.900. The van der Waals surface area contributed by atoms with E-state index in [1.807, 2.05) is 6.08 Å². The first-order chi connectivity index (χ1) is 6.27. The Morgan fingerprint density at radius 2 is 2.23 bits per heavy atom. The molecule has 0 radical (unpaired) electrons. The van der Waals surface area contributed by atoms with Crippen LogP contribution in [0.4, 0.5) is 0 Å². The topological polar surface area (TPSA) is 12.0 Å². The summed E-state index contributed by atoms with van der Waals surface area (Å²) in [5.74, 6) is 7.73. The molecular weight excluding hydrogens is 158 g/mol. The van der Waals surface area contributed by atoms with Gasteiger partial charge in [-0.1, -0.05) is 38.5 Å². The first-order valence-electron chi connectivity index (χ1n) is 5.19. The third kappa shape index (κ3) is 2.81. The van der Waals surface area contributed by atoms with Crippen LogP contribution in [0.25, 0.3) is 0 Å². The van der Waals surface area contributed by atoms with Crippen LogP contribution in [0.1, 0.15) is 33.6 Å².